The summed E-state index contributed by atoms with van der Waals surface area (Å²) in [6, 6.07) is 8.55. The van der Waals surface area contributed by atoms with Gasteiger partial charge in [-0.1, -0.05) is 5.92 Å². The number of nitrogens with zero attached hydrogens (tertiary/aromatic N) is 1. The molecule has 1 aromatic carbocycles. The molecule has 0 aliphatic heterocycles. The van der Waals surface area contributed by atoms with Crippen LogP contribution in [0.3, 0.4) is 0 Å². The summed E-state index contributed by atoms with van der Waals surface area (Å²) in [5.41, 5.74) is 0.776. The van der Waals surface area contributed by atoms with Gasteiger partial charge < -0.3 is 14.5 Å². The monoisotopic (exact) mass is 281 g/mol. The third-order valence-electron chi connectivity index (χ3n) is 2.83. The van der Waals surface area contributed by atoms with E-state index in [-0.39, 0.29) is 18.3 Å². The summed E-state index contributed by atoms with van der Waals surface area (Å²) < 4.78 is 10.4. The van der Waals surface area contributed by atoms with E-state index in [2.05, 4.69) is 21.4 Å². The van der Waals surface area contributed by atoms with Crippen LogP contribution in [0, 0.1) is 12.3 Å². The zero-order valence-electron chi connectivity index (χ0n) is 10.9. The molecule has 3 aromatic rings. The quantitative estimate of drug-likeness (QED) is 0.720. The normalized spacial score (nSPS) is 10.2. The highest BCUT2D eigenvalue weighted by Crippen LogP contribution is 2.25. The first-order chi connectivity index (χ1) is 10.3. The molecule has 0 atom stereocenters. The van der Waals surface area contributed by atoms with Crippen molar-refractivity contribution in [2.75, 3.05) is 11.9 Å². The number of terminal acetylenes is 1. The number of aromatic nitrogens is 2. The van der Waals surface area contributed by atoms with Crippen LogP contribution in [0.4, 0.5) is 5.82 Å². The van der Waals surface area contributed by atoms with Gasteiger partial charge in [0.25, 0.3) is 5.91 Å². The maximum atomic E-state index is 12.0. The number of benzene rings is 1. The number of fused-ring (bicyclic) bond motifs is 1. The van der Waals surface area contributed by atoms with E-state index in [1.165, 1.54) is 6.26 Å². The molecule has 0 unspecified atom stereocenters. The van der Waals surface area contributed by atoms with Gasteiger partial charge >= 0.3 is 0 Å². The lowest BCUT2D eigenvalue weighted by Gasteiger charge is -2.03. The summed E-state index contributed by atoms with van der Waals surface area (Å²) in [5, 5.41) is 10.3. The van der Waals surface area contributed by atoms with E-state index in [4.69, 9.17) is 15.6 Å². The van der Waals surface area contributed by atoms with E-state index in [1.807, 2.05) is 0 Å². The molecule has 3 rings (SSSR count). The standard InChI is InChI=1S/C15H11N3O3/c1-2-7-20-10-5-6-12-11(9-10)14(18-17-12)16-15(19)13-4-3-8-21-13/h1,3-6,8-9H,7H2,(H2,16,17,18,19). The molecule has 2 aromatic heterocycles. The molecule has 0 radical (unpaired) electrons. The number of nitrogens with one attached hydrogen (secondary N) is 2. The third kappa shape index (κ3) is 2.58. The Kier molecular flexibility index (Phi) is 3.31. The van der Waals surface area contributed by atoms with E-state index in [1.54, 1.807) is 30.3 Å². The second kappa shape index (κ2) is 5.43. The van der Waals surface area contributed by atoms with E-state index < -0.39 is 0 Å². The predicted molar refractivity (Wildman–Crippen MR) is 77.1 cm³/mol. The Morgan fingerprint density at radius 2 is 2.38 bits per heavy atom. The topological polar surface area (TPSA) is 80.1 Å². The van der Waals surface area contributed by atoms with Crippen LogP contribution in [0.5, 0.6) is 5.75 Å². The Hall–Kier alpha value is -3.20. The molecule has 0 saturated heterocycles. The number of hydrogen-bond acceptors (Lipinski definition) is 4. The average Bonchev–Trinajstić information content (AvgIpc) is 3.15. The number of ether oxygens (including phenoxy) is 1. The molecule has 0 fully saturated rings. The van der Waals surface area contributed by atoms with Crippen molar-refractivity contribution in [1.82, 2.24) is 10.2 Å². The van der Waals surface area contributed by atoms with Crippen molar-refractivity contribution in [3.05, 3.63) is 42.4 Å². The maximum Gasteiger partial charge on any atom is 0.292 e. The van der Waals surface area contributed by atoms with Crippen molar-refractivity contribution in [3.63, 3.8) is 0 Å². The lowest BCUT2D eigenvalue weighted by Crippen LogP contribution is -2.11. The van der Waals surface area contributed by atoms with Gasteiger partial charge in [0, 0.05) is 5.39 Å². The minimum Gasteiger partial charge on any atom is -0.481 e. The lowest BCUT2D eigenvalue weighted by atomic mass is 10.2. The summed E-state index contributed by atoms with van der Waals surface area (Å²) in [6.45, 7) is 0.178. The molecule has 0 spiro atoms. The van der Waals surface area contributed by atoms with Crippen LogP contribution >= 0.6 is 0 Å². The fraction of sp³-hybridized carbons (Fsp3) is 0.0667. The number of carbonyl (C=O) groups excluding carboxylic acids is 1. The van der Waals surface area contributed by atoms with Gasteiger partial charge in [0.2, 0.25) is 0 Å². The Morgan fingerprint density at radius 3 is 3.14 bits per heavy atom. The number of hydrogen-bond donors (Lipinski definition) is 2. The van der Waals surface area contributed by atoms with Gasteiger partial charge in [-0.05, 0) is 30.3 Å². The Bertz CT molecular complexity index is 812. The predicted octanol–water partition coefficient (Wildman–Crippen LogP) is 2.42. The summed E-state index contributed by atoms with van der Waals surface area (Å²) in [5.74, 6) is 3.24. The van der Waals surface area contributed by atoms with E-state index in [0.29, 0.717) is 11.6 Å². The number of anilines is 1. The van der Waals surface area contributed by atoms with Crippen LogP contribution in [-0.2, 0) is 0 Å². The van der Waals surface area contributed by atoms with Gasteiger partial charge in [-0.3, -0.25) is 9.89 Å². The first-order valence-electron chi connectivity index (χ1n) is 6.17. The lowest BCUT2D eigenvalue weighted by molar-refractivity contribution is 0.0996. The van der Waals surface area contributed by atoms with Crippen molar-refractivity contribution in [3.8, 4) is 18.1 Å². The summed E-state index contributed by atoms with van der Waals surface area (Å²) in [4.78, 5) is 12.0. The molecular formula is C15H11N3O3. The molecule has 6 nitrogen and oxygen atoms in total. The van der Waals surface area contributed by atoms with Gasteiger partial charge in [-0.2, -0.15) is 5.10 Å². The van der Waals surface area contributed by atoms with Gasteiger partial charge in [-0.25, -0.2) is 0 Å². The molecule has 21 heavy (non-hydrogen) atoms. The fourth-order valence-corrected chi connectivity index (χ4v) is 1.88. The number of amides is 1. The van der Waals surface area contributed by atoms with Crippen LogP contribution in [0.25, 0.3) is 10.9 Å². The summed E-state index contributed by atoms with van der Waals surface area (Å²) in [7, 11) is 0. The highest BCUT2D eigenvalue weighted by atomic mass is 16.5. The minimum atomic E-state index is -0.372. The molecule has 0 aliphatic rings. The van der Waals surface area contributed by atoms with Crippen molar-refractivity contribution >= 4 is 22.6 Å². The number of carbonyl (C=O) groups is 1. The molecule has 2 N–H and O–H groups in total. The van der Waals surface area contributed by atoms with Crippen LogP contribution in [0.15, 0.2) is 41.0 Å². The largest absolute Gasteiger partial charge is 0.481 e. The molecule has 0 aliphatic carbocycles. The Labute approximate surface area is 120 Å². The second-order valence-corrected chi connectivity index (χ2v) is 4.20. The van der Waals surface area contributed by atoms with Crippen molar-refractivity contribution in [2.24, 2.45) is 0 Å². The number of H-pyrrole nitrogens is 1. The molecule has 0 saturated carbocycles. The SMILES string of the molecule is C#CCOc1ccc2[nH]nc(NC(=O)c3ccco3)c2c1. The summed E-state index contributed by atoms with van der Waals surface area (Å²) >= 11 is 0. The van der Waals surface area contributed by atoms with Crippen LogP contribution in [-0.4, -0.2) is 22.7 Å². The fourth-order valence-electron chi connectivity index (χ4n) is 1.88. The minimum absolute atomic E-state index is 0.178. The summed E-state index contributed by atoms with van der Waals surface area (Å²) in [6.07, 6.45) is 6.59. The smallest absolute Gasteiger partial charge is 0.292 e. The number of aromatic amines is 1. The molecule has 6 heteroatoms. The van der Waals surface area contributed by atoms with Gasteiger partial charge in [0.15, 0.2) is 11.6 Å². The number of rotatable bonds is 4. The second-order valence-electron chi connectivity index (χ2n) is 4.20. The van der Waals surface area contributed by atoms with Crippen LogP contribution in [0.2, 0.25) is 0 Å². The van der Waals surface area contributed by atoms with E-state index in [0.717, 1.165) is 10.9 Å². The van der Waals surface area contributed by atoms with Gasteiger partial charge in [-0.15, -0.1) is 6.42 Å². The Balaban J connectivity index is 1.88. The van der Waals surface area contributed by atoms with Gasteiger partial charge in [0.1, 0.15) is 12.4 Å². The molecule has 1 amide bonds. The van der Waals surface area contributed by atoms with Crippen molar-refractivity contribution < 1.29 is 13.9 Å². The molecular weight excluding hydrogens is 270 g/mol. The first-order valence-corrected chi connectivity index (χ1v) is 6.17. The third-order valence-corrected chi connectivity index (χ3v) is 2.83. The van der Waals surface area contributed by atoms with E-state index >= 15 is 0 Å². The highest BCUT2D eigenvalue weighted by Gasteiger charge is 2.13. The van der Waals surface area contributed by atoms with Crippen LogP contribution in [0.1, 0.15) is 10.6 Å². The number of furan rings is 1. The zero-order chi connectivity index (χ0) is 14.7. The molecule has 104 valence electrons. The molecule has 0 bridgehead atoms. The maximum absolute atomic E-state index is 12.0. The highest BCUT2D eigenvalue weighted by molar-refractivity contribution is 6.06. The Morgan fingerprint density at radius 1 is 1.48 bits per heavy atom. The van der Waals surface area contributed by atoms with Crippen LogP contribution < -0.4 is 10.1 Å². The van der Waals surface area contributed by atoms with Gasteiger partial charge in [0.05, 0.1) is 11.8 Å². The van der Waals surface area contributed by atoms with E-state index in [9.17, 15) is 4.79 Å². The van der Waals surface area contributed by atoms with Crippen molar-refractivity contribution in [1.29, 1.82) is 0 Å². The zero-order valence-corrected chi connectivity index (χ0v) is 10.9. The average molecular weight is 281 g/mol. The molecule has 2 heterocycles. The van der Waals surface area contributed by atoms with Crippen molar-refractivity contribution in [2.45, 2.75) is 0 Å². The first kappa shape index (κ1) is 12.8.